The fraction of sp³-hybridized carbons (Fsp3) is 0.286. The van der Waals surface area contributed by atoms with Gasteiger partial charge >= 0.3 is 0 Å². The van der Waals surface area contributed by atoms with E-state index in [0.717, 1.165) is 33.5 Å². The summed E-state index contributed by atoms with van der Waals surface area (Å²) in [4.78, 5) is 12.7. The minimum absolute atomic E-state index is 0.653. The van der Waals surface area contributed by atoms with Crippen LogP contribution in [-0.2, 0) is 13.0 Å². The molecule has 0 atom stereocenters. The normalized spacial score (nSPS) is 11.0. The Morgan fingerprint density at radius 1 is 1.33 bits per heavy atom. The number of nitrogens with one attached hydrogen (secondary N) is 2. The molecule has 0 bridgehead atoms. The maximum absolute atomic E-state index is 4.56. The topological polar surface area (TPSA) is 49.8 Å². The van der Waals surface area contributed by atoms with Crippen LogP contribution in [0.4, 0.5) is 11.8 Å². The molecule has 0 amide bonds. The van der Waals surface area contributed by atoms with Crippen molar-refractivity contribution in [2.24, 2.45) is 0 Å². The van der Waals surface area contributed by atoms with Crippen LogP contribution < -0.4 is 10.6 Å². The zero-order valence-electron chi connectivity index (χ0n) is 11.7. The molecule has 3 aromatic rings. The zero-order chi connectivity index (χ0) is 14.8. The molecular weight excluding hydrogens is 368 g/mol. The Hall–Kier alpha value is -1.18. The van der Waals surface area contributed by atoms with E-state index in [2.05, 4.69) is 61.0 Å². The molecule has 110 valence electrons. The van der Waals surface area contributed by atoms with Crippen LogP contribution in [0.5, 0.6) is 0 Å². The van der Waals surface area contributed by atoms with Crippen LogP contribution in [0, 0.1) is 0 Å². The summed E-state index contributed by atoms with van der Waals surface area (Å²) in [5.41, 5.74) is 0. The molecule has 7 heteroatoms. The molecule has 0 aromatic carbocycles. The van der Waals surface area contributed by atoms with Gasteiger partial charge in [0, 0.05) is 21.3 Å². The zero-order valence-corrected chi connectivity index (χ0v) is 15.0. The Balaban J connectivity index is 1.95. The summed E-state index contributed by atoms with van der Waals surface area (Å²) < 4.78 is 1.14. The van der Waals surface area contributed by atoms with Crippen molar-refractivity contribution in [2.45, 2.75) is 19.9 Å². The highest BCUT2D eigenvalue weighted by Crippen LogP contribution is 2.31. The lowest BCUT2D eigenvalue weighted by Gasteiger charge is -2.08. The van der Waals surface area contributed by atoms with E-state index >= 15 is 0 Å². The molecule has 0 aliphatic carbocycles. The highest BCUT2D eigenvalue weighted by atomic mass is 79.9. The maximum atomic E-state index is 4.56. The van der Waals surface area contributed by atoms with E-state index in [1.54, 1.807) is 22.7 Å². The number of fused-ring (bicyclic) bond motifs is 1. The Morgan fingerprint density at radius 2 is 2.19 bits per heavy atom. The first kappa shape index (κ1) is 14.7. The van der Waals surface area contributed by atoms with Gasteiger partial charge < -0.3 is 10.6 Å². The van der Waals surface area contributed by atoms with Crippen LogP contribution >= 0.6 is 38.6 Å². The van der Waals surface area contributed by atoms with E-state index in [-0.39, 0.29) is 0 Å². The molecular formula is C14H15BrN4S2. The predicted octanol–water partition coefficient (Wildman–Crippen LogP) is 4.73. The number of hydrogen-bond donors (Lipinski definition) is 2. The number of aromatic nitrogens is 2. The van der Waals surface area contributed by atoms with Crippen molar-refractivity contribution >= 4 is 60.6 Å². The number of halogens is 1. The van der Waals surface area contributed by atoms with Crippen LogP contribution in [0.25, 0.3) is 10.2 Å². The predicted molar refractivity (Wildman–Crippen MR) is 95.7 cm³/mol. The fourth-order valence-corrected chi connectivity index (χ4v) is 4.41. The van der Waals surface area contributed by atoms with Gasteiger partial charge in [-0.3, -0.25) is 0 Å². The van der Waals surface area contributed by atoms with Crippen LogP contribution in [0.15, 0.2) is 22.0 Å². The van der Waals surface area contributed by atoms with Gasteiger partial charge in [0.05, 0.1) is 11.9 Å². The molecule has 3 aromatic heterocycles. The van der Waals surface area contributed by atoms with Gasteiger partial charge in [-0.1, -0.05) is 6.92 Å². The van der Waals surface area contributed by atoms with Crippen LogP contribution in [0.3, 0.4) is 0 Å². The fourth-order valence-electron chi connectivity index (χ4n) is 2.01. The number of hydrogen-bond acceptors (Lipinski definition) is 6. The molecule has 0 aliphatic heterocycles. The number of thiophene rings is 2. The lowest BCUT2D eigenvalue weighted by Crippen LogP contribution is -2.04. The summed E-state index contributed by atoms with van der Waals surface area (Å²) in [6, 6.07) is 4.25. The van der Waals surface area contributed by atoms with Gasteiger partial charge in [-0.25, -0.2) is 4.98 Å². The monoisotopic (exact) mass is 382 g/mol. The van der Waals surface area contributed by atoms with E-state index in [9.17, 15) is 0 Å². The smallest absolute Gasteiger partial charge is 0.225 e. The Bertz CT molecular complexity index is 766. The summed E-state index contributed by atoms with van der Waals surface area (Å²) >= 11 is 7.02. The Morgan fingerprint density at radius 3 is 2.86 bits per heavy atom. The molecule has 4 nitrogen and oxygen atoms in total. The molecule has 0 saturated heterocycles. The van der Waals surface area contributed by atoms with Gasteiger partial charge in [0.15, 0.2) is 0 Å². The summed E-state index contributed by atoms with van der Waals surface area (Å²) in [5.74, 6) is 1.54. The maximum Gasteiger partial charge on any atom is 0.225 e. The van der Waals surface area contributed by atoms with E-state index in [1.165, 1.54) is 9.75 Å². The summed E-state index contributed by atoms with van der Waals surface area (Å²) in [6.45, 7) is 2.91. The first-order chi connectivity index (χ1) is 10.2. The third-order valence-corrected chi connectivity index (χ3v) is 6.22. The van der Waals surface area contributed by atoms with Crippen molar-refractivity contribution in [2.75, 3.05) is 17.7 Å². The van der Waals surface area contributed by atoms with Gasteiger partial charge in [-0.2, -0.15) is 4.98 Å². The number of aryl methyl sites for hydroxylation is 1. The standard InChI is InChI=1S/C14H15BrN4S2/c1-3-8-6-9-12(17-7-11-10(15)4-5-20-11)18-14(16-2)19-13(9)21-8/h4-6H,3,7H2,1-2H3,(H2,16,17,18,19). The summed E-state index contributed by atoms with van der Waals surface area (Å²) in [7, 11) is 1.84. The molecule has 3 heterocycles. The van der Waals surface area contributed by atoms with Gasteiger partial charge in [0.1, 0.15) is 10.6 Å². The van der Waals surface area contributed by atoms with Crippen molar-refractivity contribution < 1.29 is 0 Å². The van der Waals surface area contributed by atoms with Crippen molar-refractivity contribution in [3.63, 3.8) is 0 Å². The summed E-state index contributed by atoms with van der Waals surface area (Å²) in [5, 5.41) is 9.65. The van der Waals surface area contributed by atoms with E-state index in [0.29, 0.717) is 5.95 Å². The first-order valence-corrected chi connectivity index (χ1v) is 9.14. The lowest BCUT2D eigenvalue weighted by molar-refractivity contribution is 1.12. The molecule has 0 radical (unpaired) electrons. The third kappa shape index (κ3) is 3.04. The molecule has 0 unspecified atom stereocenters. The summed E-state index contributed by atoms with van der Waals surface area (Å²) in [6.07, 6.45) is 1.02. The van der Waals surface area contributed by atoms with Crippen LogP contribution in [-0.4, -0.2) is 17.0 Å². The van der Waals surface area contributed by atoms with E-state index in [1.807, 2.05) is 7.05 Å². The number of anilines is 2. The highest BCUT2D eigenvalue weighted by Gasteiger charge is 2.11. The van der Waals surface area contributed by atoms with Gasteiger partial charge in [0.2, 0.25) is 5.95 Å². The second-order valence-electron chi connectivity index (χ2n) is 4.48. The molecule has 2 N–H and O–H groups in total. The van der Waals surface area contributed by atoms with Crippen molar-refractivity contribution in [1.29, 1.82) is 0 Å². The molecule has 0 spiro atoms. The van der Waals surface area contributed by atoms with Gasteiger partial charge in [0.25, 0.3) is 0 Å². The first-order valence-electron chi connectivity index (χ1n) is 6.65. The van der Waals surface area contributed by atoms with Crippen LogP contribution in [0.1, 0.15) is 16.7 Å². The quantitative estimate of drug-likeness (QED) is 0.669. The Kier molecular flexibility index (Phi) is 4.42. The van der Waals surface area contributed by atoms with Gasteiger partial charge in [-0.05, 0) is 39.9 Å². The highest BCUT2D eigenvalue weighted by molar-refractivity contribution is 9.10. The SMILES string of the molecule is CCc1cc2c(NCc3sccc3Br)nc(NC)nc2s1. The van der Waals surface area contributed by atoms with Crippen molar-refractivity contribution in [3.05, 3.63) is 31.7 Å². The van der Waals surface area contributed by atoms with E-state index in [4.69, 9.17) is 0 Å². The molecule has 0 aliphatic rings. The second kappa shape index (κ2) is 6.29. The molecule has 3 rings (SSSR count). The molecule has 0 fully saturated rings. The third-order valence-electron chi connectivity index (χ3n) is 3.12. The van der Waals surface area contributed by atoms with Crippen molar-refractivity contribution in [1.82, 2.24) is 9.97 Å². The van der Waals surface area contributed by atoms with Crippen LogP contribution in [0.2, 0.25) is 0 Å². The van der Waals surface area contributed by atoms with E-state index < -0.39 is 0 Å². The average Bonchev–Trinajstić information content (AvgIpc) is 3.10. The lowest BCUT2D eigenvalue weighted by atomic mass is 10.3. The minimum Gasteiger partial charge on any atom is -0.364 e. The Labute approximate surface area is 139 Å². The molecule has 0 saturated carbocycles. The second-order valence-corrected chi connectivity index (χ2v) is 7.45. The van der Waals surface area contributed by atoms with Crippen molar-refractivity contribution in [3.8, 4) is 0 Å². The average molecular weight is 383 g/mol. The molecule has 21 heavy (non-hydrogen) atoms. The number of nitrogens with zero attached hydrogens (tertiary/aromatic N) is 2. The number of rotatable bonds is 5. The minimum atomic E-state index is 0.653. The largest absolute Gasteiger partial charge is 0.364 e. The van der Waals surface area contributed by atoms with Gasteiger partial charge in [-0.15, -0.1) is 22.7 Å².